The highest BCUT2D eigenvalue weighted by Crippen LogP contribution is 1.91. The zero-order chi connectivity index (χ0) is 11.5. The molecule has 0 aromatic carbocycles. The number of hydrogen-bond acceptors (Lipinski definition) is 4. The van der Waals surface area contributed by atoms with Crippen molar-refractivity contribution in [3.8, 4) is 0 Å². The van der Waals surface area contributed by atoms with Gasteiger partial charge in [-0.05, 0) is 40.5 Å². The molecule has 0 heterocycles. The average molecular weight is 218 g/mol. The molecule has 0 saturated heterocycles. The van der Waals surface area contributed by atoms with Gasteiger partial charge in [-0.1, -0.05) is 0 Å². The minimum atomic E-state index is 0.299. The largest absolute Gasteiger partial charge is 0.396 e. The van der Waals surface area contributed by atoms with Gasteiger partial charge in [0.15, 0.2) is 0 Å². The Morgan fingerprint density at radius 1 is 0.933 bits per heavy atom. The van der Waals surface area contributed by atoms with E-state index in [4.69, 9.17) is 9.84 Å². The Bertz CT molecular complexity index is 132. The van der Waals surface area contributed by atoms with Crippen LogP contribution in [0.4, 0.5) is 0 Å². The summed E-state index contributed by atoms with van der Waals surface area (Å²) >= 11 is 0. The maximum Gasteiger partial charge on any atom is 0.0593 e. The quantitative estimate of drug-likeness (QED) is 0.534. The molecule has 92 valence electrons. The lowest BCUT2D eigenvalue weighted by Gasteiger charge is -2.16. The summed E-state index contributed by atoms with van der Waals surface area (Å²) in [6.07, 6.45) is 1.95. The van der Waals surface area contributed by atoms with Gasteiger partial charge in [0, 0.05) is 19.7 Å². The number of aliphatic hydroxyl groups excluding tert-OH is 1. The maximum atomic E-state index is 8.63. The number of aliphatic hydroxyl groups is 1. The zero-order valence-electron chi connectivity index (χ0n) is 10.4. The maximum absolute atomic E-state index is 8.63. The Morgan fingerprint density at radius 2 is 1.60 bits per heavy atom. The first-order valence-electron chi connectivity index (χ1n) is 5.68. The predicted molar refractivity (Wildman–Crippen MR) is 63.2 cm³/mol. The van der Waals surface area contributed by atoms with Crippen LogP contribution in [-0.2, 0) is 4.74 Å². The van der Waals surface area contributed by atoms with E-state index in [2.05, 4.69) is 16.8 Å². The summed E-state index contributed by atoms with van der Waals surface area (Å²) in [6, 6.07) is 0. The number of ether oxygens (including phenoxy) is 1. The van der Waals surface area contributed by atoms with Crippen molar-refractivity contribution in [2.45, 2.75) is 12.8 Å². The van der Waals surface area contributed by atoms with Gasteiger partial charge < -0.3 is 19.6 Å². The highest BCUT2D eigenvalue weighted by molar-refractivity contribution is 4.51. The van der Waals surface area contributed by atoms with E-state index in [1.54, 1.807) is 0 Å². The predicted octanol–water partition coefficient (Wildman–Crippen LogP) is 0.269. The molecule has 4 nitrogen and oxygen atoms in total. The van der Waals surface area contributed by atoms with E-state index in [1.807, 2.05) is 14.1 Å². The monoisotopic (exact) mass is 218 g/mol. The SMILES string of the molecule is CN(C)CCOCCN(C)CCCCO. The number of unbranched alkanes of at least 4 members (excludes halogenated alkanes) is 1. The van der Waals surface area contributed by atoms with E-state index in [0.29, 0.717) is 6.61 Å². The van der Waals surface area contributed by atoms with Crippen LogP contribution in [0.15, 0.2) is 0 Å². The van der Waals surface area contributed by atoms with Gasteiger partial charge in [0.2, 0.25) is 0 Å². The summed E-state index contributed by atoms with van der Waals surface area (Å²) in [5, 5.41) is 8.63. The minimum absolute atomic E-state index is 0.299. The van der Waals surface area contributed by atoms with Crippen molar-refractivity contribution in [2.75, 3.05) is 60.6 Å². The van der Waals surface area contributed by atoms with Crippen molar-refractivity contribution >= 4 is 0 Å². The van der Waals surface area contributed by atoms with Crippen molar-refractivity contribution < 1.29 is 9.84 Å². The van der Waals surface area contributed by atoms with Crippen LogP contribution in [0, 0.1) is 0 Å². The molecular formula is C11H26N2O2. The fraction of sp³-hybridized carbons (Fsp3) is 1.00. The van der Waals surface area contributed by atoms with E-state index >= 15 is 0 Å². The topological polar surface area (TPSA) is 35.9 Å². The molecule has 0 aliphatic rings. The first-order chi connectivity index (χ1) is 7.16. The highest BCUT2D eigenvalue weighted by Gasteiger charge is 1.98. The van der Waals surface area contributed by atoms with Gasteiger partial charge in [0.1, 0.15) is 0 Å². The fourth-order valence-electron chi connectivity index (χ4n) is 1.17. The van der Waals surface area contributed by atoms with Gasteiger partial charge in [-0.3, -0.25) is 0 Å². The Hall–Kier alpha value is -0.160. The van der Waals surface area contributed by atoms with Crippen LogP contribution in [0.5, 0.6) is 0 Å². The smallest absolute Gasteiger partial charge is 0.0593 e. The van der Waals surface area contributed by atoms with Crippen LogP contribution in [-0.4, -0.2) is 75.5 Å². The molecule has 0 amide bonds. The van der Waals surface area contributed by atoms with E-state index in [9.17, 15) is 0 Å². The van der Waals surface area contributed by atoms with Gasteiger partial charge in [-0.15, -0.1) is 0 Å². The molecule has 0 atom stereocenters. The average Bonchev–Trinajstić information content (AvgIpc) is 2.17. The summed E-state index contributed by atoms with van der Waals surface area (Å²) in [6.45, 7) is 4.89. The first kappa shape index (κ1) is 14.8. The molecule has 0 spiro atoms. The Kier molecular flexibility index (Phi) is 10.3. The van der Waals surface area contributed by atoms with Crippen LogP contribution >= 0.6 is 0 Å². The van der Waals surface area contributed by atoms with Crippen LogP contribution in [0.3, 0.4) is 0 Å². The molecule has 0 radical (unpaired) electrons. The molecule has 0 aliphatic carbocycles. The molecule has 0 aliphatic heterocycles. The second-order valence-corrected chi connectivity index (χ2v) is 4.15. The molecule has 1 N–H and O–H groups in total. The third kappa shape index (κ3) is 11.8. The third-order valence-corrected chi connectivity index (χ3v) is 2.25. The number of likely N-dealkylation sites (N-methyl/N-ethyl adjacent to an activating group) is 2. The summed E-state index contributed by atoms with van der Waals surface area (Å²) < 4.78 is 5.49. The van der Waals surface area contributed by atoms with Gasteiger partial charge >= 0.3 is 0 Å². The van der Waals surface area contributed by atoms with E-state index < -0.39 is 0 Å². The molecule has 0 aromatic rings. The van der Waals surface area contributed by atoms with Gasteiger partial charge in [-0.25, -0.2) is 0 Å². The van der Waals surface area contributed by atoms with Crippen molar-refractivity contribution in [2.24, 2.45) is 0 Å². The standard InChI is InChI=1S/C11H26N2O2/c1-12(2)7-10-15-11-8-13(3)6-4-5-9-14/h14H,4-11H2,1-3H3. The van der Waals surface area contributed by atoms with Gasteiger partial charge in [0.25, 0.3) is 0 Å². The molecule has 0 bridgehead atoms. The van der Waals surface area contributed by atoms with E-state index in [-0.39, 0.29) is 0 Å². The second kappa shape index (κ2) is 10.4. The molecule has 0 fully saturated rings. The molecule has 0 unspecified atom stereocenters. The highest BCUT2D eigenvalue weighted by atomic mass is 16.5. The summed E-state index contributed by atoms with van der Waals surface area (Å²) in [5.41, 5.74) is 0. The van der Waals surface area contributed by atoms with E-state index in [1.165, 1.54) is 0 Å². The molecule has 4 heteroatoms. The Morgan fingerprint density at radius 3 is 2.20 bits per heavy atom. The third-order valence-electron chi connectivity index (χ3n) is 2.25. The molecule has 15 heavy (non-hydrogen) atoms. The lowest BCUT2D eigenvalue weighted by atomic mass is 10.3. The summed E-state index contributed by atoms with van der Waals surface area (Å²) in [4.78, 5) is 4.36. The molecule has 0 rings (SSSR count). The van der Waals surface area contributed by atoms with Crippen molar-refractivity contribution in [3.63, 3.8) is 0 Å². The number of rotatable bonds is 10. The second-order valence-electron chi connectivity index (χ2n) is 4.15. The summed E-state index contributed by atoms with van der Waals surface area (Å²) in [7, 11) is 6.18. The normalized spacial score (nSPS) is 11.6. The van der Waals surface area contributed by atoms with Crippen LogP contribution in [0.1, 0.15) is 12.8 Å². The van der Waals surface area contributed by atoms with Crippen LogP contribution in [0.2, 0.25) is 0 Å². The van der Waals surface area contributed by atoms with Gasteiger partial charge in [0.05, 0.1) is 13.2 Å². The minimum Gasteiger partial charge on any atom is -0.396 e. The van der Waals surface area contributed by atoms with Crippen LogP contribution < -0.4 is 0 Å². The van der Waals surface area contributed by atoms with E-state index in [0.717, 1.165) is 45.7 Å². The number of nitrogens with zero attached hydrogens (tertiary/aromatic N) is 2. The lowest BCUT2D eigenvalue weighted by molar-refractivity contribution is 0.0980. The first-order valence-corrected chi connectivity index (χ1v) is 5.68. The Balaban J connectivity index is 3.13. The van der Waals surface area contributed by atoms with Crippen molar-refractivity contribution in [3.05, 3.63) is 0 Å². The van der Waals surface area contributed by atoms with Crippen molar-refractivity contribution in [1.82, 2.24) is 9.80 Å². The van der Waals surface area contributed by atoms with Crippen molar-refractivity contribution in [1.29, 1.82) is 0 Å². The van der Waals surface area contributed by atoms with Gasteiger partial charge in [-0.2, -0.15) is 0 Å². The Labute approximate surface area is 93.8 Å². The molecule has 0 aromatic heterocycles. The fourth-order valence-corrected chi connectivity index (χ4v) is 1.17. The molecule has 0 saturated carbocycles. The van der Waals surface area contributed by atoms with Crippen LogP contribution in [0.25, 0.3) is 0 Å². The number of hydrogen-bond donors (Lipinski definition) is 1. The zero-order valence-corrected chi connectivity index (χ0v) is 10.4. The lowest BCUT2D eigenvalue weighted by Crippen LogP contribution is -2.26. The summed E-state index contributed by atoms with van der Waals surface area (Å²) in [5.74, 6) is 0. The molecular weight excluding hydrogens is 192 g/mol.